The molecule has 2 heteroatoms. The van der Waals surface area contributed by atoms with Gasteiger partial charge in [-0.3, -0.25) is 5.32 Å². The summed E-state index contributed by atoms with van der Waals surface area (Å²) in [6, 6.07) is 8.09. The zero-order chi connectivity index (χ0) is 11.3. The number of terminal acetylenes is 1. The summed E-state index contributed by atoms with van der Waals surface area (Å²) in [7, 11) is 0. The molecule has 0 aliphatic heterocycles. The van der Waals surface area contributed by atoms with Gasteiger partial charge in [0.05, 0.1) is 6.54 Å². The van der Waals surface area contributed by atoms with Crippen LogP contribution >= 0.6 is 11.6 Å². The fourth-order valence-corrected chi connectivity index (χ4v) is 1.85. The highest BCUT2D eigenvalue weighted by atomic mass is 35.5. The van der Waals surface area contributed by atoms with Crippen LogP contribution in [-0.4, -0.2) is 6.54 Å². The minimum absolute atomic E-state index is 0.217. The van der Waals surface area contributed by atoms with E-state index in [1.54, 1.807) is 0 Å². The van der Waals surface area contributed by atoms with Crippen LogP contribution in [0.3, 0.4) is 0 Å². The van der Waals surface area contributed by atoms with Crippen molar-refractivity contribution >= 4 is 11.6 Å². The lowest BCUT2D eigenvalue weighted by Gasteiger charge is -2.22. The lowest BCUT2D eigenvalue weighted by atomic mass is 9.96. The Morgan fingerprint density at radius 2 is 2.07 bits per heavy atom. The highest BCUT2D eigenvalue weighted by Gasteiger charge is 2.16. The maximum atomic E-state index is 6.15. The smallest absolute Gasteiger partial charge is 0.0578 e. The van der Waals surface area contributed by atoms with Crippen LogP contribution in [0, 0.1) is 18.3 Å². The lowest BCUT2D eigenvalue weighted by Crippen LogP contribution is -2.26. The van der Waals surface area contributed by atoms with Gasteiger partial charge in [-0.15, -0.1) is 6.42 Å². The summed E-state index contributed by atoms with van der Waals surface area (Å²) in [4.78, 5) is 0. The highest BCUT2D eigenvalue weighted by molar-refractivity contribution is 6.31. The molecule has 0 heterocycles. The summed E-state index contributed by atoms with van der Waals surface area (Å²) < 4.78 is 0. The summed E-state index contributed by atoms with van der Waals surface area (Å²) in [6.07, 6.45) is 5.25. The maximum Gasteiger partial charge on any atom is 0.0578 e. The molecule has 0 saturated carbocycles. The van der Waals surface area contributed by atoms with Gasteiger partial charge in [-0.05, 0) is 17.5 Å². The van der Waals surface area contributed by atoms with Crippen LogP contribution < -0.4 is 5.32 Å². The summed E-state index contributed by atoms with van der Waals surface area (Å²) in [5, 5.41) is 4.10. The van der Waals surface area contributed by atoms with Crippen molar-refractivity contribution in [3.05, 3.63) is 34.9 Å². The first kappa shape index (κ1) is 12.1. The van der Waals surface area contributed by atoms with Gasteiger partial charge in [-0.1, -0.05) is 49.6 Å². The molecule has 1 unspecified atom stereocenters. The van der Waals surface area contributed by atoms with Gasteiger partial charge in [-0.2, -0.15) is 0 Å². The Balaban J connectivity index is 2.90. The molecule has 0 aromatic heterocycles. The second-order valence-electron chi connectivity index (χ2n) is 3.83. The van der Waals surface area contributed by atoms with Crippen molar-refractivity contribution < 1.29 is 0 Å². The first-order chi connectivity index (χ1) is 7.16. The molecule has 15 heavy (non-hydrogen) atoms. The van der Waals surface area contributed by atoms with E-state index in [1.807, 2.05) is 24.3 Å². The molecule has 0 saturated heterocycles. The standard InChI is InChI=1S/C13H16ClN/c1-4-9-15-13(10(2)3)11-7-5-6-8-12(11)14/h1,5-8,10,13,15H,9H2,2-3H3. The van der Waals surface area contributed by atoms with Crippen LogP contribution in [0.15, 0.2) is 24.3 Å². The third-order valence-electron chi connectivity index (χ3n) is 2.33. The SMILES string of the molecule is C#CCNC(c1ccccc1Cl)C(C)C. The monoisotopic (exact) mass is 221 g/mol. The van der Waals surface area contributed by atoms with Crippen LogP contribution in [0.2, 0.25) is 5.02 Å². The third-order valence-corrected chi connectivity index (χ3v) is 2.68. The first-order valence-electron chi connectivity index (χ1n) is 5.08. The Hall–Kier alpha value is -0.970. The predicted molar refractivity (Wildman–Crippen MR) is 65.9 cm³/mol. The number of rotatable bonds is 4. The quantitative estimate of drug-likeness (QED) is 0.770. The molecule has 0 amide bonds. The average molecular weight is 222 g/mol. The Bertz CT molecular complexity index is 352. The zero-order valence-electron chi connectivity index (χ0n) is 9.13. The van der Waals surface area contributed by atoms with Gasteiger partial charge in [0.1, 0.15) is 0 Å². The summed E-state index contributed by atoms with van der Waals surface area (Å²) in [6.45, 7) is 4.86. The van der Waals surface area contributed by atoms with Gasteiger partial charge < -0.3 is 0 Å². The average Bonchev–Trinajstić information content (AvgIpc) is 2.20. The zero-order valence-corrected chi connectivity index (χ0v) is 9.88. The minimum Gasteiger partial charge on any atom is -0.299 e. The van der Waals surface area contributed by atoms with Crippen molar-refractivity contribution in [3.8, 4) is 12.3 Å². The minimum atomic E-state index is 0.217. The summed E-state index contributed by atoms with van der Waals surface area (Å²) in [5.41, 5.74) is 1.12. The van der Waals surface area contributed by atoms with E-state index in [4.69, 9.17) is 18.0 Å². The van der Waals surface area contributed by atoms with Crippen LogP contribution in [0.4, 0.5) is 0 Å². The number of hydrogen-bond donors (Lipinski definition) is 1. The lowest BCUT2D eigenvalue weighted by molar-refractivity contribution is 0.431. The molecule has 1 aromatic carbocycles. The number of halogens is 1. The normalized spacial score (nSPS) is 12.5. The van der Waals surface area contributed by atoms with E-state index >= 15 is 0 Å². The predicted octanol–water partition coefficient (Wildman–Crippen LogP) is 3.26. The second-order valence-corrected chi connectivity index (χ2v) is 4.24. The van der Waals surface area contributed by atoms with Crippen LogP contribution in [0.25, 0.3) is 0 Å². The highest BCUT2D eigenvalue weighted by Crippen LogP contribution is 2.27. The molecule has 0 aliphatic carbocycles. The van der Waals surface area contributed by atoms with Gasteiger partial charge >= 0.3 is 0 Å². The van der Waals surface area contributed by atoms with Crippen molar-refractivity contribution in [2.45, 2.75) is 19.9 Å². The molecule has 1 rings (SSSR count). The van der Waals surface area contributed by atoms with E-state index in [0.29, 0.717) is 12.5 Å². The molecule has 0 fully saturated rings. The Morgan fingerprint density at radius 3 is 2.60 bits per heavy atom. The van der Waals surface area contributed by atoms with E-state index in [2.05, 4.69) is 25.1 Å². The van der Waals surface area contributed by atoms with Crippen LogP contribution in [-0.2, 0) is 0 Å². The topological polar surface area (TPSA) is 12.0 Å². The molecule has 1 N–H and O–H groups in total. The van der Waals surface area contributed by atoms with E-state index in [1.165, 1.54) is 0 Å². The summed E-state index contributed by atoms with van der Waals surface area (Å²) >= 11 is 6.15. The van der Waals surface area contributed by atoms with E-state index in [-0.39, 0.29) is 6.04 Å². The van der Waals surface area contributed by atoms with E-state index in [9.17, 15) is 0 Å². The largest absolute Gasteiger partial charge is 0.299 e. The van der Waals surface area contributed by atoms with Gasteiger partial charge in [0.15, 0.2) is 0 Å². The Kier molecular flexibility index (Phi) is 4.68. The number of benzene rings is 1. The molecule has 1 aromatic rings. The second kappa shape index (κ2) is 5.80. The molecule has 0 aliphatic rings. The molecule has 0 bridgehead atoms. The molecule has 1 nitrogen and oxygen atoms in total. The third kappa shape index (κ3) is 3.27. The molecule has 80 valence electrons. The molecule has 1 atom stereocenters. The molecular weight excluding hydrogens is 206 g/mol. The van der Waals surface area contributed by atoms with Gasteiger partial charge in [-0.25, -0.2) is 0 Å². The van der Waals surface area contributed by atoms with Crippen molar-refractivity contribution in [3.63, 3.8) is 0 Å². The molecule has 0 spiro atoms. The van der Waals surface area contributed by atoms with Crippen molar-refractivity contribution in [2.75, 3.05) is 6.54 Å². The fraction of sp³-hybridized carbons (Fsp3) is 0.385. The van der Waals surface area contributed by atoms with Gasteiger partial charge in [0.25, 0.3) is 0 Å². The van der Waals surface area contributed by atoms with Crippen LogP contribution in [0.5, 0.6) is 0 Å². The fourth-order valence-electron chi connectivity index (χ4n) is 1.60. The van der Waals surface area contributed by atoms with Crippen molar-refractivity contribution in [1.29, 1.82) is 0 Å². The molecular formula is C13H16ClN. The Morgan fingerprint density at radius 1 is 1.40 bits per heavy atom. The van der Waals surface area contributed by atoms with E-state index in [0.717, 1.165) is 10.6 Å². The van der Waals surface area contributed by atoms with Crippen molar-refractivity contribution in [2.24, 2.45) is 5.92 Å². The van der Waals surface area contributed by atoms with Gasteiger partial charge in [0, 0.05) is 11.1 Å². The summed E-state index contributed by atoms with van der Waals surface area (Å²) in [5.74, 6) is 3.04. The molecule has 0 radical (unpaired) electrons. The first-order valence-corrected chi connectivity index (χ1v) is 5.46. The van der Waals surface area contributed by atoms with E-state index < -0.39 is 0 Å². The van der Waals surface area contributed by atoms with Gasteiger partial charge in [0.2, 0.25) is 0 Å². The number of nitrogens with one attached hydrogen (secondary N) is 1. The Labute approximate surface area is 96.8 Å². The van der Waals surface area contributed by atoms with Crippen molar-refractivity contribution in [1.82, 2.24) is 5.32 Å². The number of hydrogen-bond acceptors (Lipinski definition) is 1. The van der Waals surface area contributed by atoms with Crippen LogP contribution in [0.1, 0.15) is 25.5 Å². The maximum absolute atomic E-state index is 6.15.